The summed E-state index contributed by atoms with van der Waals surface area (Å²) >= 11 is 0. The van der Waals surface area contributed by atoms with Crippen LogP contribution in [0.3, 0.4) is 0 Å². The van der Waals surface area contributed by atoms with Crippen molar-refractivity contribution >= 4 is 5.78 Å². The molecule has 0 aliphatic carbocycles. The van der Waals surface area contributed by atoms with Gasteiger partial charge in [0.15, 0.2) is 5.78 Å². The first kappa shape index (κ1) is 16.0. The summed E-state index contributed by atoms with van der Waals surface area (Å²) in [7, 11) is 0. The summed E-state index contributed by atoms with van der Waals surface area (Å²) in [5.41, 5.74) is 1.82. The molecule has 1 N–H and O–H groups in total. The van der Waals surface area contributed by atoms with E-state index < -0.39 is 0 Å². The van der Waals surface area contributed by atoms with E-state index in [1.807, 2.05) is 32.0 Å². The molecule has 1 aliphatic heterocycles. The third-order valence-electron chi connectivity index (χ3n) is 3.98. The van der Waals surface area contributed by atoms with Crippen LogP contribution < -0.4 is 10.1 Å². The summed E-state index contributed by atoms with van der Waals surface area (Å²) in [5, 5.41) is 3.34. The Labute approximate surface area is 127 Å². The first-order chi connectivity index (χ1) is 10.2. The molecular formula is C17H26N2O2. The Balaban J connectivity index is 2.25. The zero-order valence-electron chi connectivity index (χ0n) is 13.3. The van der Waals surface area contributed by atoms with Crippen molar-refractivity contribution in [3.05, 3.63) is 29.3 Å². The van der Waals surface area contributed by atoms with Gasteiger partial charge in [0, 0.05) is 26.2 Å². The fraction of sp³-hybridized carbons (Fsp3) is 0.588. The largest absolute Gasteiger partial charge is 0.493 e. The standard InChI is InChI=1S/C17H26N2O2/c1-4-15(19-10-8-18-9-11-19)17(20)14-12-13(3)6-7-16(14)21-5-2/h6-7,12,15,18H,4-5,8-11H2,1-3H3. The van der Waals surface area contributed by atoms with Crippen molar-refractivity contribution < 1.29 is 9.53 Å². The SMILES string of the molecule is CCOc1ccc(C)cc1C(=O)C(CC)N1CCNCC1. The maximum absolute atomic E-state index is 13.0. The van der Waals surface area contributed by atoms with Crippen LogP contribution in [0.15, 0.2) is 18.2 Å². The van der Waals surface area contributed by atoms with E-state index >= 15 is 0 Å². The zero-order chi connectivity index (χ0) is 15.2. The maximum Gasteiger partial charge on any atom is 0.183 e. The van der Waals surface area contributed by atoms with Crippen LogP contribution in [0.2, 0.25) is 0 Å². The quantitative estimate of drug-likeness (QED) is 0.816. The summed E-state index contributed by atoms with van der Waals surface area (Å²) in [6.07, 6.45) is 0.832. The van der Waals surface area contributed by atoms with Gasteiger partial charge < -0.3 is 10.1 Å². The molecule has 0 bridgehead atoms. The number of hydrogen-bond acceptors (Lipinski definition) is 4. The lowest BCUT2D eigenvalue weighted by Gasteiger charge is -2.33. The predicted octanol–water partition coefficient (Wildman–Crippen LogP) is 2.26. The highest BCUT2D eigenvalue weighted by Gasteiger charge is 2.28. The summed E-state index contributed by atoms with van der Waals surface area (Å²) < 4.78 is 5.64. The minimum atomic E-state index is -0.0480. The average molecular weight is 290 g/mol. The molecule has 0 saturated carbocycles. The number of Topliss-reactive ketones (excluding diaryl/α,β-unsaturated/α-hetero) is 1. The highest BCUT2D eigenvalue weighted by atomic mass is 16.5. The number of ketones is 1. The minimum Gasteiger partial charge on any atom is -0.493 e. The van der Waals surface area contributed by atoms with Gasteiger partial charge in [-0.1, -0.05) is 18.6 Å². The normalized spacial score (nSPS) is 17.5. The van der Waals surface area contributed by atoms with Crippen molar-refractivity contribution in [2.45, 2.75) is 33.2 Å². The molecule has 0 spiro atoms. The summed E-state index contributed by atoms with van der Waals surface area (Å²) in [5.74, 6) is 0.897. The van der Waals surface area contributed by atoms with Crippen molar-refractivity contribution in [3.8, 4) is 5.75 Å². The van der Waals surface area contributed by atoms with Gasteiger partial charge in [-0.15, -0.1) is 0 Å². The molecule has 1 fully saturated rings. The Hall–Kier alpha value is -1.39. The fourth-order valence-electron chi connectivity index (χ4n) is 2.90. The van der Waals surface area contributed by atoms with E-state index in [0.29, 0.717) is 12.4 Å². The number of rotatable bonds is 6. The monoisotopic (exact) mass is 290 g/mol. The van der Waals surface area contributed by atoms with E-state index in [2.05, 4.69) is 17.1 Å². The van der Waals surface area contributed by atoms with Gasteiger partial charge >= 0.3 is 0 Å². The van der Waals surface area contributed by atoms with E-state index in [-0.39, 0.29) is 11.8 Å². The summed E-state index contributed by atoms with van der Waals surface area (Å²) in [6.45, 7) is 10.4. The Morgan fingerprint density at radius 2 is 2.05 bits per heavy atom. The van der Waals surface area contributed by atoms with Crippen LogP contribution in [-0.2, 0) is 0 Å². The van der Waals surface area contributed by atoms with Gasteiger partial charge in [-0.2, -0.15) is 0 Å². The van der Waals surface area contributed by atoms with Crippen LogP contribution in [0, 0.1) is 6.92 Å². The molecule has 4 nitrogen and oxygen atoms in total. The van der Waals surface area contributed by atoms with Gasteiger partial charge in [-0.05, 0) is 32.4 Å². The molecule has 1 saturated heterocycles. The number of nitrogens with one attached hydrogen (secondary N) is 1. The summed E-state index contributed by atoms with van der Waals surface area (Å²) in [4.78, 5) is 15.3. The van der Waals surface area contributed by atoms with Crippen LogP contribution in [0.4, 0.5) is 0 Å². The second-order valence-corrected chi connectivity index (χ2v) is 5.51. The molecule has 21 heavy (non-hydrogen) atoms. The molecule has 1 heterocycles. The van der Waals surface area contributed by atoms with Gasteiger partial charge in [0.1, 0.15) is 5.75 Å². The second-order valence-electron chi connectivity index (χ2n) is 5.51. The molecular weight excluding hydrogens is 264 g/mol. The molecule has 4 heteroatoms. The van der Waals surface area contributed by atoms with Crippen LogP contribution in [0.1, 0.15) is 36.2 Å². The molecule has 2 rings (SSSR count). The number of hydrogen-bond donors (Lipinski definition) is 1. The van der Waals surface area contributed by atoms with Crippen LogP contribution in [0.5, 0.6) is 5.75 Å². The Bertz CT molecular complexity index is 482. The van der Waals surface area contributed by atoms with Crippen molar-refractivity contribution in [2.75, 3.05) is 32.8 Å². The van der Waals surface area contributed by atoms with Crippen LogP contribution in [0.25, 0.3) is 0 Å². The Kier molecular flexibility index (Phi) is 5.76. The van der Waals surface area contributed by atoms with Crippen molar-refractivity contribution in [3.63, 3.8) is 0 Å². The molecule has 0 aromatic heterocycles. The molecule has 1 unspecified atom stereocenters. The first-order valence-electron chi connectivity index (χ1n) is 7.89. The van der Waals surface area contributed by atoms with Crippen molar-refractivity contribution in [2.24, 2.45) is 0 Å². The molecule has 116 valence electrons. The van der Waals surface area contributed by atoms with E-state index in [9.17, 15) is 4.79 Å². The Morgan fingerprint density at radius 3 is 2.67 bits per heavy atom. The summed E-state index contributed by atoms with van der Waals surface area (Å²) in [6, 6.07) is 5.82. The molecule has 1 aliphatic rings. The topological polar surface area (TPSA) is 41.6 Å². The minimum absolute atomic E-state index is 0.0480. The van der Waals surface area contributed by atoms with Crippen LogP contribution >= 0.6 is 0 Å². The molecule has 0 radical (unpaired) electrons. The zero-order valence-corrected chi connectivity index (χ0v) is 13.3. The molecule has 1 atom stereocenters. The van der Waals surface area contributed by atoms with Gasteiger partial charge in [0.2, 0.25) is 0 Å². The van der Waals surface area contributed by atoms with E-state index in [1.54, 1.807) is 0 Å². The highest BCUT2D eigenvalue weighted by molar-refractivity contribution is 6.02. The predicted molar refractivity (Wildman–Crippen MR) is 85.2 cm³/mol. The van der Waals surface area contributed by atoms with Gasteiger partial charge in [0.25, 0.3) is 0 Å². The average Bonchev–Trinajstić information content (AvgIpc) is 2.51. The van der Waals surface area contributed by atoms with E-state index in [4.69, 9.17) is 4.74 Å². The van der Waals surface area contributed by atoms with Gasteiger partial charge in [-0.3, -0.25) is 9.69 Å². The third kappa shape index (κ3) is 3.83. The van der Waals surface area contributed by atoms with Gasteiger partial charge in [0.05, 0.1) is 18.2 Å². The Morgan fingerprint density at radius 1 is 1.33 bits per heavy atom. The number of piperazine rings is 1. The lowest BCUT2D eigenvalue weighted by Crippen LogP contribution is -2.51. The lowest BCUT2D eigenvalue weighted by atomic mass is 9.97. The smallest absolute Gasteiger partial charge is 0.183 e. The molecule has 1 aromatic carbocycles. The highest BCUT2D eigenvalue weighted by Crippen LogP contribution is 2.24. The van der Waals surface area contributed by atoms with Crippen LogP contribution in [-0.4, -0.2) is 49.5 Å². The second kappa shape index (κ2) is 7.57. The number of benzene rings is 1. The maximum atomic E-state index is 13.0. The number of nitrogens with zero attached hydrogens (tertiary/aromatic N) is 1. The van der Waals surface area contributed by atoms with Crippen molar-refractivity contribution in [1.29, 1.82) is 0 Å². The molecule has 0 amide bonds. The fourth-order valence-corrected chi connectivity index (χ4v) is 2.90. The van der Waals surface area contributed by atoms with E-state index in [1.165, 1.54) is 0 Å². The van der Waals surface area contributed by atoms with Crippen molar-refractivity contribution in [1.82, 2.24) is 10.2 Å². The number of ether oxygens (including phenoxy) is 1. The van der Waals surface area contributed by atoms with E-state index in [0.717, 1.165) is 43.7 Å². The third-order valence-corrected chi connectivity index (χ3v) is 3.98. The van der Waals surface area contributed by atoms with Gasteiger partial charge in [-0.25, -0.2) is 0 Å². The number of carbonyl (C=O) groups excluding carboxylic acids is 1. The first-order valence-corrected chi connectivity index (χ1v) is 7.89. The number of carbonyl (C=O) groups is 1. The lowest BCUT2D eigenvalue weighted by molar-refractivity contribution is 0.0786. The molecule has 1 aromatic rings. The number of aryl methyl sites for hydroxylation is 1.